The third-order valence-electron chi connectivity index (χ3n) is 4.88. The van der Waals surface area contributed by atoms with E-state index < -0.39 is 24.0 Å². The van der Waals surface area contributed by atoms with Crippen LogP contribution in [0.25, 0.3) is 0 Å². The summed E-state index contributed by atoms with van der Waals surface area (Å²) in [5, 5.41) is 60.3. The number of phenols is 4. The van der Waals surface area contributed by atoms with E-state index in [1.165, 1.54) is 24.3 Å². The lowest BCUT2D eigenvalue weighted by molar-refractivity contribution is -0.0798. The zero-order chi connectivity index (χ0) is 17.8. The molecule has 0 saturated heterocycles. The maximum Gasteiger partial charge on any atom is 0.122 e. The molecule has 1 saturated carbocycles. The lowest BCUT2D eigenvalue weighted by Gasteiger charge is -2.47. The quantitative estimate of drug-likeness (QED) is 0.498. The van der Waals surface area contributed by atoms with Crippen LogP contribution in [-0.2, 0) is 0 Å². The van der Waals surface area contributed by atoms with Gasteiger partial charge in [0.15, 0.2) is 0 Å². The maximum atomic E-state index is 10.5. The van der Waals surface area contributed by atoms with Gasteiger partial charge >= 0.3 is 0 Å². The Kier molecular flexibility index (Phi) is 3.81. The van der Waals surface area contributed by atoms with Crippen LogP contribution in [0.5, 0.6) is 23.0 Å². The highest BCUT2D eigenvalue weighted by Crippen LogP contribution is 2.52. The fourth-order valence-electron chi connectivity index (χ4n) is 3.39. The Balaban J connectivity index is 1.96. The van der Waals surface area contributed by atoms with Crippen molar-refractivity contribution in [3.05, 3.63) is 46.5 Å². The van der Waals surface area contributed by atoms with Gasteiger partial charge in [-0.1, -0.05) is 0 Å². The summed E-state index contributed by atoms with van der Waals surface area (Å²) in [4.78, 5) is 0. The summed E-state index contributed by atoms with van der Waals surface area (Å²) in [7, 11) is 0. The summed E-state index contributed by atoms with van der Waals surface area (Å²) in [6, 6.07) is 5.42. The van der Waals surface area contributed by atoms with Crippen LogP contribution in [-0.4, -0.2) is 42.8 Å². The van der Waals surface area contributed by atoms with Crippen molar-refractivity contribution in [3.8, 4) is 23.0 Å². The summed E-state index contributed by atoms with van der Waals surface area (Å²) in [5.74, 6) is -2.01. The van der Waals surface area contributed by atoms with Crippen LogP contribution in [0.4, 0.5) is 0 Å². The lowest BCUT2D eigenvalue weighted by Crippen LogP contribution is -2.51. The lowest BCUT2D eigenvalue weighted by atomic mass is 9.62. The van der Waals surface area contributed by atoms with Crippen molar-refractivity contribution >= 4 is 0 Å². The zero-order valence-corrected chi connectivity index (χ0v) is 13.3. The van der Waals surface area contributed by atoms with E-state index in [4.69, 9.17) is 0 Å². The first-order valence-electron chi connectivity index (χ1n) is 7.63. The highest BCUT2D eigenvalue weighted by molar-refractivity contribution is 5.52. The van der Waals surface area contributed by atoms with Crippen LogP contribution in [0.2, 0.25) is 0 Å². The standard InChI is InChI=1S/C18H20O6/c1-7-3-9(13(21)5-11(7)19)15-17(23)16(18(15)24)10-4-8(2)12(20)6-14(10)22/h3-6,15-24H,1-2H3. The van der Waals surface area contributed by atoms with Gasteiger partial charge < -0.3 is 30.6 Å². The number of benzene rings is 2. The van der Waals surface area contributed by atoms with Crippen LogP contribution < -0.4 is 0 Å². The summed E-state index contributed by atoms with van der Waals surface area (Å²) < 4.78 is 0. The fourth-order valence-corrected chi connectivity index (χ4v) is 3.39. The molecule has 0 aliphatic heterocycles. The molecular weight excluding hydrogens is 312 g/mol. The van der Waals surface area contributed by atoms with Gasteiger partial charge in [-0.3, -0.25) is 0 Å². The van der Waals surface area contributed by atoms with Crippen LogP contribution in [0.3, 0.4) is 0 Å². The van der Waals surface area contributed by atoms with Crippen LogP contribution in [0.1, 0.15) is 34.1 Å². The molecule has 1 aliphatic rings. The maximum absolute atomic E-state index is 10.5. The van der Waals surface area contributed by atoms with Crippen LogP contribution >= 0.6 is 0 Å². The number of hydrogen-bond acceptors (Lipinski definition) is 6. The number of aryl methyl sites for hydroxylation is 2. The largest absolute Gasteiger partial charge is 0.508 e. The summed E-state index contributed by atoms with van der Waals surface area (Å²) >= 11 is 0. The molecule has 0 unspecified atom stereocenters. The van der Waals surface area contributed by atoms with E-state index in [0.717, 1.165) is 0 Å². The molecule has 0 atom stereocenters. The molecule has 1 fully saturated rings. The predicted octanol–water partition coefficient (Wildman–Crippen LogP) is 1.73. The molecule has 1 aliphatic carbocycles. The third kappa shape index (κ3) is 2.35. The highest BCUT2D eigenvalue weighted by Gasteiger charge is 2.52. The van der Waals surface area contributed by atoms with Crippen LogP contribution in [0.15, 0.2) is 24.3 Å². The Morgan fingerprint density at radius 3 is 1.25 bits per heavy atom. The number of aliphatic hydroxyl groups excluding tert-OH is 2. The second-order valence-corrected chi connectivity index (χ2v) is 6.43. The number of rotatable bonds is 2. The first kappa shape index (κ1) is 16.4. The minimum Gasteiger partial charge on any atom is -0.508 e. The minimum atomic E-state index is -1.02. The van der Waals surface area contributed by atoms with Crippen molar-refractivity contribution in [2.45, 2.75) is 37.9 Å². The Hall–Kier alpha value is -2.44. The van der Waals surface area contributed by atoms with Crippen molar-refractivity contribution in [1.82, 2.24) is 0 Å². The molecule has 6 heteroatoms. The third-order valence-corrected chi connectivity index (χ3v) is 4.88. The fraction of sp³-hybridized carbons (Fsp3) is 0.333. The molecule has 128 valence electrons. The number of aliphatic hydroxyl groups is 2. The SMILES string of the molecule is Cc1cc(C2C(O)C(c3cc(C)c(O)cc3O)C2O)c(O)cc1O. The smallest absolute Gasteiger partial charge is 0.122 e. The highest BCUT2D eigenvalue weighted by atomic mass is 16.3. The zero-order valence-electron chi connectivity index (χ0n) is 13.3. The molecule has 0 amide bonds. The van der Waals surface area contributed by atoms with E-state index in [9.17, 15) is 30.6 Å². The molecule has 0 bridgehead atoms. The summed E-state index contributed by atoms with van der Waals surface area (Å²) in [6.45, 7) is 3.31. The molecule has 2 aromatic carbocycles. The van der Waals surface area contributed by atoms with Gasteiger partial charge in [0.25, 0.3) is 0 Å². The number of aromatic hydroxyl groups is 4. The Morgan fingerprint density at radius 2 is 0.917 bits per heavy atom. The van der Waals surface area contributed by atoms with Crippen molar-refractivity contribution in [1.29, 1.82) is 0 Å². The van der Waals surface area contributed by atoms with Crippen molar-refractivity contribution in [2.75, 3.05) is 0 Å². The topological polar surface area (TPSA) is 121 Å². The predicted molar refractivity (Wildman–Crippen MR) is 86.5 cm³/mol. The van der Waals surface area contributed by atoms with Crippen molar-refractivity contribution in [2.24, 2.45) is 0 Å². The Labute approximate surface area is 138 Å². The van der Waals surface area contributed by atoms with E-state index in [1.807, 2.05) is 0 Å². The molecule has 6 N–H and O–H groups in total. The van der Waals surface area contributed by atoms with Crippen molar-refractivity contribution < 1.29 is 30.6 Å². The van der Waals surface area contributed by atoms with E-state index in [0.29, 0.717) is 22.3 Å². The van der Waals surface area contributed by atoms with E-state index >= 15 is 0 Å². The van der Waals surface area contributed by atoms with Gasteiger partial charge in [-0.25, -0.2) is 0 Å². The van der Waals surface area contributed by atoms with E-state index in [1.54, 1.807) is 13.8 Å². The van der Waals surface area contributed by atoms with Crippen LogP contribution in [0, 0.1) is 13.8 Å². The minimum absolute atomic E-state index is 0.0668. The molecule has 2 aromatic rings. The van der Waals surface area contributed by atoms with E-state index in [2.05, 4.69) is 0 Å². The second-order valence-electron chi connectivity index (χ2n) is 6.43. The van der Waals surface area contributed by atoms with Crippen molar-refractivity contribution in [3.63, 3.8) is 0 Å². The normalized spacial score (nSPS) is 26.2. The second kappa shape index (κ2) is 5.58. The summed E-state index contributed by atoms with van der Waals surface area (Å²) in [6.07, 6.45) is -2.05. The van der Waals surface area contributed by atoms with Gasteiger partial charge in [-0.15, -0.1) is 0 Å². The Morgan fingerprint density at radius 1 is 0.583 bits per heavy atom. The summed E-state index contributed by atoms with van der Waals surface area (Å²) in [5.41, 5.74) is 1.73. The van der Waals surface area contributed by atoms with Gasteiger partial charge in [-0.2, -0.15) is 0 Å². The van der Waals surface area contributed by atoms with Gasteiger partial charge in [0.2, 0.25) is 0 Å². The molecule has 0 heterocycles. The number of phenolic OH excluding ortho intramolecular Hbond substituents is 4. The van der Waals surface area contributed by atoms with Gasteiger partial charge in [0, 0.05) is 35.1 Å². The molecule has 3 rings (SSSR count). The number of hydrogen-bond donors (Lipinski definition) is 6. The molecule has 0 radical (unpaired) electrons. The Bertz CT molecular complexity index is 725. The average molecular weight is 332 g/mol. The molecule has 24 heavy (non-hydrogen) atoms. The van der Waals surface area contributed by atoms with Gasteiger partial charge in [-0.05, 0) is 37.1 Å². The van der Waals surface area contributed by atoms with Gasteiger partial charge in [0.05, 0.1) is 12.2 Å². The average Bonchev–Trinajstić information content (AvgIpc) is 2.50. The van der Waals surface area contributed by atoms with E-state index in [-0.39, 0.29) is 23.0 Å². The first-order chi connectivity index (χ1) is 11.2. The molecule has 0 aromatic heterocycles. The first-order valence-corrected chi connectivity index (χ1v) is 7.63. The molecular formula is C18H20O6. The monoisotopic (exact) mass is 332 g/mol. The molecule has 0 spiro atoms. The molecule has 6 nitrogen and oxygen atoms in total. The van der Waals surface area contributed by atoms with Gasteiger partial charge in [0.1, 0.15) is 23.0 Å².